The highest BCUT2D eigenvalue weighted by molar-refractivity contribution is 5.71. The van der Waals surface area contributed by atoms with Crippen molar-refractivity contribution in [3.05, 3.63) is 24.2 Å². The van der Waals surface area contributed by atoms with Crippen LogP contribution in [0.4, 0.5) is 0 Å². The van der Waals surface area contributed by atoms with E-state index in [2.05, 4.69) is 39.5 Å². The summed E-state index contributed by atoms with van der Waals surface area (Å²) in [5, 5.41) is 0. The second kappa shape index (κ2) is 4.69. The van der Waals surface area contributed by atoms with Gasteiger partial charge in [-0.3, -0.25) is 0 Å². The van der Waals surface area contributed by atoms with Crippen molar-refractivity contribution in [3.63, 3.8) is 0 Å². The van der Waals surface area contributed by atoms with Gasteiger partial charge in [0, 0.05) is 25.7 Å². The lowest BCUT2D eigenvalue weighted by Crippen LogP contribution is -2.18. The van der Waals surface area contributed by atoms with Gasteiger partial charge in [-0.2, -0.15) is 0 Å². The van der Waals surface area contributed by atoms with Gasteiger partial charge in [-0.25, -0.2) is 9.97 Å². The molecule has 0 amide bonds. The summed E-state index contributed by atoms with van der Waals surface area (Å²) in [4.78, 5) is 11.6. The van der Waals surface area contributed by atoms with Crippen LogP contribution in [-0.4, -0.2) is 39.6 Å². The largest absolute Gasteiger partial charge is 0.312 e. The highest BCUT2D eigenvalue weighted by Crippen LogP contribution is 2.21. The highest BCUT2D eigenvalue weighted by Gasteiger charge is 2.22. The van der Waals surface area contributed by atoms with Crippen molar-refractivity contribution in [2.75, 3.05) is 20.1 Å². The fourth-order valence-corrected chi connectivity index (χ4v) is 2.90. The fraction of sp³-hybridized carbons (Fsp3) is 0.571. The first-order chi connectivity index (χ1) is 8.78. The first-order valence-electron chi connectivity index (χ1n) is 6.76. The van der Waals surface area contributed by atoms with Crippen molar-refractivity contribution in [2.24, 2.45) is 5.92 Å². The summed E-state index contributed by atoms with van der Waals surface area (Å²) in [6.45, 7) is 5.63. The predicted molar refractivity (Wildman–Crippen MR) is 72.5 cm³/mol. The Morgan fingerprint density at radius 1 is 1.44 bits per heavy atom. The molecule has 0 aromatic carbocycles. The lowest BCUT2D eigenvalue weighted by molar-refractivity contribution is 0.377. The van der Waals surface area contributed by atoms with Crippen molar-refractivity contribution >= 4 is 11.2 Å². The Kier molecular flexibility index (Phi) is 3.04. The molecule has 1 atom stereocenters. The van der Waals surface area contributed by atoms with Crippen LogP contribution in [0, 0.1) is 5.92 Å². The zero-order chi connectivity index (χ0) is 12.5. The van der Waals surface area contributed by atoms with Crippen LogP contribution in [0.1, 0.15) is 19.2 Å². The van der Waals surface area contributed by atoms with E-state index in [4.69, 9.17) is 0 Å². The molecule has 1 fully saturated rings. The number of rotatable bonds is 3. The van der Waals surface area contributed by atoms with Crippen LogP contribution in [-0.2, 0) is 13.0 Å². The van der Waals surface area contributed by atoms with E-state index >= 15 is 0 Å². The van der Waals surface area contributed by atoms with Crippen LogP contribution in [0.3, 0.4) is 0 Å². The number of likely N-dealkylation sites (tertiary alicyclic amines) is 1. The van der Waals surface area contributed by atoms with Gasteiger partial charge in [0.05, 0.1) is 0 Å². The summed E-state index contributed by atoms with van der Waals surface area (Å²) >= 11 is 0. The van der Waals surface area contributed by atoms with Gasteiger partial charge in [0.1, 0.15) is 11.3 Å². The lowest BCUT2D eigenvalue weighted by Gasteiger charge is -2.13. The highest BCUT2D eigenvalue weighted by atomic mass is 15.2. The molecule has 1 aliphatic rings. The minimum absolute atomic E-state index is 0.736. The van der Waals surface area contributed by atoms with Crippen LogP contribution >= 0.6 is 0 Å². The second-order valence-electron chi connectivity index (χ2n) is 5.26. The topological polar surface area (TPSA) is 34.0 Å². The van der Waals surface area contributed by atoms with Crippen LogP contribution in [0.15, 0.2) is 18.3 Å². The molecular formula is C14H20N4. The van der Waals surface area contributed by atoms with E-state index in [-0.39, 0.29) is 0 Å². The predicted octanol–water partition coefficient (Wildman–Crippen LogP) is 1.95. The molecule has 1 unspecified atom stereocenters. The summed E-state index contributed by atoms with van der Waals surface area (Å²) in [6.07, 6.45) is 4.12. The molecule has 0 aliphatic carbocycles. The summed E-state index contributed by atoms with van der Waals surface area (Å²) in [5.74, 6) is 1.90. The molecule has 3 rings (SSSR count). The minimum Gasteiger partial charge on any atom is -0.312 e. The fourth-order valence-electron chi connectivity index (χ4n) is 2.90. The number of fused-ring (bicyclic) bond motifs is 1. The summed E-state index contributed by atoms with van der Waals surface area (Å²) in [5.41, 5.74) is 2.07. The van der Waals surface area contributed by atoms with Crippen molar-refractivity contribution in [1.29, 1.82) is 0 Å². The third kappa shape index (κ3) is 2.01. The molecule has 0 N–H and O–H groups in total. The van der Waals surface area contributed by atoms with E-state index < -0.39 is 0 Å². The van der Waals surface area contributed by atoms with E-state index in [0.717, 1.165) is 30.0 Å². The number of hydrogen-bond donors (Lipinski definition) is 0. The molecule has 4 nitrogen and oxygen atoms in total. The Morgan fingerprint density at radius 2 is 2.33 bits per heavy atom. The zero-order valence-corrected chi connectivity index (χ0v) is 11.1. The quantitative estimate of drug-likeness (QED) is 0.827. The van der Waals surface area contributed by atoms with Crippen molar-refractivity contribution in [3.8, 4) is 0 Å². The lowest BCUT2D eigenvalue weighted by atomic mass is 10.1. The van der Waals surface area contributed by atoms with E-state index in [1.54, 1.807) is 0 Å². The number of hydrogen-bond acceptors (Lipinski definition) is 3. The molecule has 0 bridgehead atoms. The molecule has 2 aromatic rings. The molecule has 2 aromatic heterocycles. The second-order valence-corrected chi connectivity index (χ2v) is 5.26. The van der Waals surface area contributed by atoms with E-state index in [1.165, 1.54) is 25.3 Å². The smallest absolute Gasteiger partial charge is 0.159 e. The first-order valence-corrected chi connectivity index (χ1v) is 6.76. The Balaban J connectivity index is 1.94. The third-order valence-electron chi connectivity index (χ3n) is 3.83. The summed E-state index contributed by atoms with van der Waals surface area (Å²) in [6, 6.07) is 4.02. The molecule has 1 saturated heterocycles. The third-order valence-corrected chi connectivity index (χ3v) is 3.83. The van der Waals surface area contributed by atoms with E-state index in [9.17, 15) is 0 Å². The molecule has 1 aliphatic heterocycles. The normalized spacial score (nSPS) is 20.9. The Labute approximate surface area is 108 Å². The number of aromatic nitrogens is 3. The zero-order valence-electron chi connectivity index (χ0n) is 11.1. The summed E-state index contributed by atoms with van der Waals surface area (Å²) < 4.78 is 2.32. The van der Waals surface area contributed by atoms with Crippen LogP contribution in [0.2, 0.25) is 0 Å². The minimum atomic E-state index is 0.736. The van der Waals surface area contributed by atoms with E-state index in [1.807, 2.05) is 12.3 Å². The Hall–Kier alpha value is -1.42. The van der Waals surface area contributed by atoms with Gasteiger partial charge in [-0.1, -0.05) is 6.92 Å². The maximum Gasteiger partial charge on any atom is 0.159 e. The van der Waals surface area contributed by atoms with Gasteiger partial charge in [0.15, 0.2) is 5.65 Å². The maximum absolute atomic E-state index is 4.68. The Bertz CT molecular complexity index is 546. The van der Waals surface area contributed by atoms with Gasteiger partial charge in [0.25, 0.3) is 0 Å². The molecule has 0 spiro atoms. The van der Waals surface area contributed by atoms with Crippen molar-refractivity contribution < 1.29 is 0 Å². The first kappa shape index (κ1) is 11.7. The standard InChI is InChI=1S/C14H20N4/c1-3-13-16-12-5-4-7-15-14(12)18(13)10-11-6-8-17(2)9-11/h4-5,7,11H,3,6,8-10H2,1-2H3. The molecule has 18 heavy (non-hydrogen) atoms. The van der Waals surface area contributed by atoms with Crippen LogP contribution < -0.4 is 0 Å². The average molecular weight is 244 g/mol. The van der Waals surface area contributed by atoms with Gasteiger partial charge >= 0.3 is 0 Å². The average Bonchev–Trinajstić information content (AvgIpc) is 2.94. The summed E-state index contributed by atoms with van der Waals surface area (Å²) in [7, 11) is 2.20. The van der Waals surface area contributed by atoms with E-state index in [0.29, 0.717) is 0 Å². The maximum atomic E-state index is 4.68. The number of aryl methyl sites for hydroxylation is 1. The van der Waals surface area contributed by atoms with Crippen LogP contribution in [0.5, 0.6) is 0 Å². The Morgan fingerprint density at radius 3 is 3.06 bits per heavy atom. The van der Waals surface area contributed by atoms with Gasteiger partial charge in [0.2, 0.25) is 0 Å². The number of nitrogens with zero attached hydrogens (tertiary/aromatic N) is 4. The van der Waals surface area contributed by atoms with Gasteiger partial charge in [-0.05, 0) is 38.1 Å². The van der Waals surface area contributed by atoms with Crippen molar-refractivity contribution in [2.45, 2.75) is 26.3 Å². The monoisotopic (exact) mass is 244 g/mol. The molecule has 3 heterocycles. The SMILES string of the molecule is CCc1nc2cccnc2n1CC1CCN(C)C1. The molecular weight excluding hydrogens is 224 g/mol. The molecule has 0 radical (unpaired) electrons. The van der Waals surface area contributed by atoms with Crippen molar-refractivity contribution in [1.82, 2.24) is 19.4 Å². The molecule has 0 saturated carbocycles. The number of pyridine rings is 1. The number of imidazole rings is 1. The van der Waals surface area contributed by atoms with Gasteiger partial charge in [-0.15, -0.1) is 0 Å². The molecule has 4 heteroatoms. The molecule has 96 valence electrons. The van der Waals surface area contributed by atoms with Gasteiger partial charge < -0.3 is 9.47 Å². The van der Waals surface area contributed by atoms with Crippen LogP contribution in [0.25, 0.3) is 11.2 Å².